The lowest BCUT2D eigenvalue weighted by Crippen LogP contribution is -2.44. The van der Waals surface area contributed by atoms with Crippen LogP contribution in [-0.4, -0.2) is 16.8 Å². The zero-order valence-corrected chi connectivity index (χ0v) is 18.1. The second-order valence-electron chi connectivity index (χ2n) is 6.29. The Morgan fingerprint density at radius 3 is 2.57 bits per heavy atom. The number of anilines is 1. The molecule has 0 aliphatic carbocycles. The number of amides is 1. The molecule has 28 heavy (non-hydrogen) atoms. The zero-order valence-electron chi connectivity index (χ0n) is 15.7. The molecular formula is C20H23ClFN3OS2. The largest absolute Gasteiger partial charge is 0.331 e. The van der Waals surface area contributed by atoms with Crippen molar-refractivity contribution in [3.63, 3.8) is 0 Å². The Labute approximate surface area is 179 Å². The van der Waals surface area contributed by atoms with Crippen molar-refractivity contribution in [3.05, 3.63) is 64.4 Å². The molecule has 2 rings (SSSR count). The average molecular weight is 440 g/mol. The van der Waals surface area contributed by atoms with Crippen LogP contribution >= 0.6 is 35.6 Å². The number of carbonyl (C=O) groups is 1. The van der Waals surface area contributed by atoms with E-state index in [-0.39, 0.29) is 17.5 Å². The van der Waals surface area contributed by atoms with Crippen LogP contribution in [0.2, 0.25) is 5.02 Å². The van der Waals surface area contributed by atoms with Gasteiger partial charge in [-0.2, -0.15) is 0 Å². The third-order valence-electron chi connectivity index (χ3n) is 4.17. The maximum Gasteiger partial charge on any atom is 0.248 e. The predicted octanol–water partition coefficient (Wildman–Crippen LogP) is 5.24. The van der Waals surface area contributed by atoms with Gasteiger partial charge in [0.2, 0.25) is 5.91 Å². The van der Waals surface area contributed by atoms with Crippen LogP contribution in [-0.2, 0) is 10.5 Å². The molecule has 0 aliphatic rings. The average Bonchev–Trinajstić information content (AvgIpc) is 2.68. The minimum atomic E-state index is -0.378. The smallest absolute Gasteiger partial charge is 0.248 e. The second-order valence-corrected chi connectivity index (χ2v) is 8.09. The van der Waals surface area contributed by atoms with E-state index in [4.69, 9.17) is 23.8 Å². The Morgan fingerprint density at radius 2 is 1.93 bits per heavy atom. The van der Waals surface area contributed by atoms with E-state index in [0.29, 0.717) is 21.8 Å². The molecule has 0 saturated carbocycles. The van der Waals surface area contributed by atoms with Crippen molar-refractivity contribution in [3.8, 4) is 0 Å². The van der Waals surface area contributed by atoms with Crippen LogP contribution in [0.4, 0.5) is 10.1 Å². The lowest BCUT2D eigenvalue weighted by Gasteiger charge is -2.13. The van der Waals surface area contributed by atoms with Gasteiger partial charge in [-0.05, 0) is 59.9 Å². The van der Waals surface area contributed by atoms with E-state index in [1.54, 1.807) is 6.07 Å². The number of halogens is 2. The molecule has 150 valence electrons. The summed E-state index contributed by atoms with van der Waals surface area (Å²) in [6, 6.07) is 12.3. The molecule has 0 bridgehead atoms. The van der Waals surface area contributed by atoms with Crippen LogP contribution in [0, 0.1) is 5.82 Å². The highest BCUT2D eigenvalue weighted by atomic mass is 35.5. The third-order valence-corrected chi connectivity index (χ3v) is 5.71. The zero-order chi connectivity index (χ0) is 20.5. The van der Waals surface area contributed by atoms with E-state index in [1.807, 2.05) is 12.1 Å². The number of hydrogen-bond donors (Lipinski definition) is 3. The number of thioether (sulfide) groups is 1. The normalized spacial score (nSPS) is 11.6. The molecule has 0 unspecified atom stereocenters. The Morgan fingerprint density at radius 1 is 1.21 bits per heavy atom. The molecule has 0 aliphatic heterocycles. The van der Waals surface area contributed by atoms with Gasteiger partial charge in [0.15, 0.2) is 5.11 Å². The molecule has 1 amide bonds. The Bertz CT molecular complexity index is 818. The summed E-state index contributed by atoms with van der Waals surface area (Å²) in [7, 11) is 0. The molecule has 0 saturated heterocycles. The molecule has 2 aromatic carbocycles. The molecule has 0 aromatic heterocycles. The Balaban J connectivity index is 1.69. The van der Waals surface area contributed by atoms with Crippen molar-refractivity contribution in [2.45, 2.75) is 31.9 Å². The quantitative estimate of drug-likeness (QED) is 0.406. The summed E-state index contributed by atoms with van der Waals surface area (Å²) in [5.41, 5.74) is 8.13. The summed E-state index contributed by atoms with van der Waals surface area (Å²) in [5, 5.41) is 3.68. The number of carbonyl (C=O) groups excluding carboxylic acids is 1. The first-order valence-corrected chi connectivity index (χ1v) is 10.8. The number of nitrogens with one attached hydrogen (secondary N) is 3. The number of hydrogen-bond acceptors (Lipinski definition) is 3. The molecule has 0 fully saturated rings. The van der Waals surface area contributed by atoms with E-state index in [0.717, 1.165) is 17.7 Å². The summed E-state index contributed by atoms with van der Waals surface area (Å²) in [5.74, 6) is 0.640. The van der Waals surface area contributed by atoms with Gasteiger partial charge in [-0.15, -0.1) is 11.8 Å². The maximum absolute atomic E-state index is 13.0. The molecular weight excluding hydrogens is 417 g/mol. The van der Waals surface area contributed by atoms with Crippen molar-refractivity contribution in [2.75, 3.05) is 11.1 Å². The first-order valence-electron chi connectivity index (χ1n) is 8.86. The van der Waals surface area contributed by atoms with E-state index >= 15 is 0 Å². The van der Waals surface area contributed by atoms with Crippen molar-refractivity contribution in [1.29, 1.82) is 0 Å². The molecule has 0 radical (unpaired) electrons. The standard InChI is InChI=1S/C20H23ClFN3OS2/c1-3-13(2)14-5-8-17(9-6-14)23-20(27)25-24-19(26)12-28-11-15-4-7-16(22)10-18(15)21/h4-10,13H,3,11-12H2,1-2H3,(H,24,26)(H2,23,25,27)/t13-/m1/s1. The number of benzene rings is 2. The van der Waals surface area contributed by atoms with Crippen LogP contribution < -0.4 is 16.2 Å². The number of hydrazine groups is 1. The minimum absolute atomic E-state index is 0.215. The predicted molar refractivity (Wildman–Crippen MR) is 120 cm³/mol. The Kier molecular flexibility index (Phi) is 9.02. The second kappa shape index (κ2) is 11.2. The third kappa shape index (κ3) is 7.30. The fraction of sp³-hybridized carbons (Fsp3) is 0.300. The highest BCUT2D eigenvalue weighted by Crippen LogP contribution is 2.22. The van der Waals surface area contributed by atoms with Crippen LogP contribution in [0.25, 0.3) is 0 Å². The van der Waals surface area contributed by atoms with Crippen LogP contribution in [0.5, 0.6) is 0 Å². The van der Waals surface area contributed by atoms with E-state index in [9.17, 15) is 9.18 Å². The molecule has 1 atom stereocenters. The van der Waals surface area contributed by atoms with E-state index in [1.165, 1.54) is 29.5 Å². The van der Waals surface area contributed by atoms with Crippen molar-refractivity contribution in [1.82, 2.24) is 10.9 Å². The fourth-order valence-electron chi connectivity index (χ4n) is 2.35. The van der Waals surface area contributed by atoms with Gasteiger partial charge in [-0.3, -0.25) is 15.6 Å². The fourth-order valence-corrected chi connectivity index (χ4v) is 3.66. The summed E-state index contributed by atoms with van der Waals surface area (Å²) >= 11 is 12.5. The van der Waals surface area contributed by atoms with Gasteiger partial charge < -0.3 is 5.32 Å². The first-order chi connectivity index (χ1) is 13.4. The lowest BCUT2D eigenvalue weighted by atomic mass is 9.99. The summed E-state index contributed by atoms with van der Waals surface area (Å²) in [6.07, 6.45) is 1.09. The number of rotatable bonds is 7. The monoisotopic (exact) mass is 439 g/mol. The van der Waals surface area contributed by atoms with Gasteiger partial charge in [0.05, 0.1) is 5.75 Å². The minimum Gasteiger partial charge on any atom is -0.331 e. The van der Waals surface area contributed by atoms with Gasteiger partial charge in [0.25, 0.3) is 0 Å². The highest BCUT2D eigenvalue weighted by Gasteiger charge is 2.07. The SMILES string of the molecule is CC[C@@H](C)c1ccc(NC(=S)NNC(=O)CSCc2ccc(F)cc2Cl)cc1. The molecule has 0 spiro atoms. The van der Waals surface area contributed by atoms with E-state index in [2.05, 4.69) is 42.1 Å². The first kappa shape index (κ1) is 22.5. The Hall–Kier alpha value is -1.83. The van der Waals surface area contributed by atoms with Crippen molar-refractivity contribution >= 4 is 52.3 Å². The van der Waals surface area contributed by atoms with Crippen LogP contribution in [0.3, 0.4) is 0 Å². The van der Waals surface area contributed by atoms with Gasteiger partial charge in [0.1, 0.15) is 5.82 Å². The molecule has 2 aromatic rings. The van der Waals surface area contributed by atoms with Gasteiger partial charge in [0, 0.05) is 16.5 Å². The van der Waals surface area contributed by atoms with E-state index < -0.39 is 0 Å². The number of thiocarbonyl (C=S) groups is 1. The summed E-state index contributed by atoms with van der Waals surface area (Å²) < 4.78 is 13.0. The van der Waals surface area contributed by atoms with Gasteiger partial charge in [-0.1, -0.05) is 43.6 Å². The van der Waals surface area contributed by atoms with Gasteiger partial charge >= 0.3 is 0 Å². The molecule has 3 N–H and O–H groups in total. The van der Waals surface area contributed by atoms with Gasteiger partial charge in [-0.25, -0.2) is 4.39 Å². The van der Waals surface area contributed by atoms with Crippen molar-refractivity contribution < 1.29 is 9.18 Å². The topological polar surface area (TPSA) is 53.2 Å². The molecule has 0 heterocycles. The summed E-state index contributed by atoms with van der Waals surface area (Å²) in [6.45, 7) is 4.34. The maximum atomic E-state index is 13.0. The highest BCUT2D eigenvalue weighted by molar-refractivity contribution is 7.99. The van der Waals surface area contributed by atoms with Crippen LogP contribution in [0.15, 0.2) is 42.5 Å². The molecule has 8 heteroatoms. The lowest BCUT2D eigenvalue weighted by molar-refractivity contribution is -0.119. The molecule has 4 nitrogen and oxygen atoms in total. The summed E-state index contributed by atoms with van der Waals surface area (Å²) in [4.78, 5) is 11.9. The van der Waals surface area contributed by atoms with Crippen molar-refractivity contribution in [2.24, 2.45) is 0 Å². The van der Waals surface area contributed by atoms with Crippen LogP contribution in [0.1, 0.15) is 37.3 Å².